The van der Waals surface area contributed by atoms with E-state index in [0.717, 1.165) is 31.7 Å². The highest BCUT2D eigenvalue weighted by Gasteiger charge is 2.36. The van der Waals surface area contributed by atoms with Crippen molar-refractivity contribution >= 4 is 0 Å². The van der Waals surface area contributed by atoms with Crippen molar-refractivity contribution in [3.8, 4) is 0 Å². The van der Waals surface area contributed by atoms with Gasteiger partial charge in [0.2, 0.25) is 0 Å². The Hall–Kier alpha value is -0.160. The minimum atomic E-state index is 0.576. The molecule has 3 fully saturated rings. The second-order valence-corrected chi connectivity index (χ2v) is 6.96. The molecule has 4 nitrogen and oxygen atoms in total. The summed E-state index contributed by atoms with van der Waals surface area (Å²) in [6.07, 6.45) is 4.18. The lowest BCUT2D eigenvalue weighted by atomic mass is 9.84. The molecular formula is C16H31N3O. The summed E-state index contributed by atoms with van der Waals surface area (Å²) in [5.41, 5.74) is 0. The van der Waals surface area contributed by atoms with Gasteiger partial charge in [-0.15, -0.1) is 0 Å². The number of hydrogen-bond donors (Lipinski definition) is 1. The Morgan fingerprint density at radius 2 is 2.10 bits per heavy atom. The zero-order valence-electron chi connectivity index (χ0n) is 13.2. The van der Waals surface area contributed by atoms with Crippen LogP contribution in [0.15, 0.2) is 0 Å². The summed E-state index contributed by atoms with van der Waals surface area (Å²) in [7, 11) is 2.32. The van der Waals surface area contributed by atoms with E-state index in [-0.39, 0.29) is 0 Å². The number of likely N-dealkylation sites (N-methyl/N-ethyl adjacent to an activating group) is 1. The van der Waals surface area contributed by atoms with Crippen LogP contribution in [0.2, 0.25) is 0 Å². The maximum absolute atomic E-state index is 5.69. The van der Waals surface area contributed by atoms with Gasteiger partial charge in [0.15, 0.2) is 0 Å². The Kier molecular flexibility index (Phi) is 4.97. The van der Waals surface area contributed by atoms with Crippen molar-refractivity contribution in [1.29, 1.82) is 0 Å². The summed E-state index contributed by atoms with van der Waals surface area (Å²) in [6.45, 7) is 10.2. The molecule has 0 saturated carbocycles. The first-order valence-corrected chi connectivity index (χ1v) is 8.51. The topological polar surface area (TPSA) is 27.7 Å². The van der Waals surface area contributed by atoms with Gasteiger partial charge >= 0.3 is 0 Å². The Balaban J connectivity index is 1.51. The predicted molar refractivity (Wildman–Crippen MR) is 82.0 cm³/mol. The molecule has 3 aliphatic heterocycles. The van der Waals surface area contributed by atoms with Crippen molar-refractivity contribution < 1.29 is 4.74 Å². The molecule has 3 rings (SSSR count). The molecule has 0 bridgehead atoms. The molecule has 3 aliphatic rings. The lowest BCUT2D eigenvalue weighted by Gasteiger charge is -2.46. The van der Waals surface area contributed by atoms with E-state index in [9.17, 15) is 0 Å². The average molecular weight is 281 g/mol. The van der Waals surface area contributed by atoms with Gasteiger partial charge in [0.25, 0.3) is 0 Å². The minimum absolute atomic E-state index is 0.576. The monoisotopic (exact) mass is 281 g/mol. The van der Waals surface area contributed by atoms with Crippen molar-refractivity contribution in [2.75, 3.05) is 53.0 Å². The second kappa shape index (κ2) is 6.73. The molecule has 3 heterocycles. The van der Waals surface area contributed by atoms with Crippen molar-refractivity contribution in [3.05, 3.63) is 0 Å². The van der Waals surface area contributed by atoms with E-state index < -0.39 is 0 Å². The van der Waals surface area contributed by atoms with Crippen LogP contribution in [0.5, 0.6) is 0 Å². The Morgan fingerprint density at radius 3 is 2.95 bits per heavy atom. The number of rotatable bonds is 4. The molecule has 0 aromatic carbocycles. The van der Waals surface area contributed by atoms with Crippen LogP contribution in [0.25, 0.3) is 0 Å². The lowest BCUT2D eigenvalue weighted by molar-refractivity contribution is 0.0305. The predicted octanol–water partition coefficient (Wildman–Crippen LogP) is 1.03. The molecule has 0 aromatic rings. The van der Waals surface area contributed by atoms with Crippen LogP contribution in [-0.4, -0.2) is 74.9 Å². The van der Waals surface area contributed by atoms with Crippen LogP contribution < -0.4 is 5.32 Å². The smallest absolute Gasteiger partial charge is 0.0623 e. The van der Waals surface area contributed by atoms with Crippen LogP contribution in [-0.2, 0) is 4.74 Å². The molecule has 20 heavy (non-hydrogen) atoms. The van der Waals surface area contributed by atoms with Crippen LogP contribution in [0, 0.1) is 11.8 Å². The highest BCUT2D eigenvalue weighted by Crippen LogP contribution is 2.30. The zero-order chi connectivity index (χ0) is 13.9. The largest absolute Gasteiger partial charge is 0.379 e. The lowest BCUT2D eigenvalue weighted by Crippen LogP contribution is -2.54. The molecule has 4 heteroatoms. The third kappa shape index (κ3) is 3.19. The van der Waals surface area contributed by atoms with Crippen LogP contribution in [0.4, 0.5) is 0 Å². The van der Waals surface area contributed by atoms with E-state index in [4.69, 9.17) is 4.74 Å². The molecule has 0 aromatic heterocycles. The van der Waals surface area contributed by atoms with Gasteiger partial charge < -0.3 is 19.9 Å². The van der Waals surface area contributed by atoms with Gasteiger partial charge in [-0.25, -0.2) is 0 Å². The molecule has 0 amide bonds. The quantitative estimate of drug-likeness (QED) is 0.833. The molecular weight excluding hydrogens is 250 g/mol. The van der Waals surface area contributed by atoms with Gasteiger partial charge in [-0.05, 0) is 51.9 Å². The number of likely N-dealkylation sites (tertiary alicyclic amines) is 2. The maximum atomic E-state index is 5.69. The van der Waals surface area contributed by atoms with E-state index >= 15 is 0 Å². The molecule has 4 unspecified atom stereocenters. The summed E-state index contributed by atoms with van der Waals surface area (Å²) in [6, 6.07) is 1.43. The SMILES string of the molecule is CCNC1COCC1CN1CCC2C(CCCN2C)C1. The van der Waals surface area contributed by atoms with Crippen molar-refractivity contribution in [2.45, 2.75) is 38.3 Å². The molecule has 116 valence electrons. The van der Waals surface area contributed by atoms with E-state index in [1.54, 1.807) is 0 Å². The summed E-state index contributed by atoms with van der Waals surface area (Å²) >= 11 is 0. The third-order valence-corrected chi connectivity index (χ3v) is 5.59. The van der Waals surface area contributed by atoms with Gasteiger partial charge in [0, 0.05) is 31.1 Å². The number of nitrogens with zero attached hydrogens (tertiary/aromatic N) is 2. The highest BCUT2D eigenvalue weighted by atomic mass is 16.5. The van der Waals surface area contributed by atoms with Crippen molar-refractivity contribution in [1.82, 2.24) is 15.1 Å². The second-order valence-electron chi connectivity index (χ2n) is 6.96. The molecule has 0 spiro atoms. The standard InChI is InChI=1S/C16H31N3O/c1-3-17-15-12-20-11-14(15)10-19-8-6-16-13(9-19)5-4-7-18(16)2/h13-17H,3-12H2,1-2H3. The fourth-order valence-corrected chi connectivity index (χ4v) is 4.49. The number of nitrogens with one attached hydrogen (secondary N) is 1. The van der Waals surface area contributed by atoms with E-state index in [2.05, 4.69) is 29.1 Å². The summed E-state index contributed by atoms with van der Waals surface area (Å²) in [5, 5.41) is 3.59. The first kappa shape index (κ1) is 14.8. The molecule has 1 N–H and O–H groups in total. The first-order chi connectivity index (χ1) is 9.78. The summed E-state index contributed by atoms with van der Waals surface area (Å²) in [5.74, 6) is 1.59. The fourth-order valence-electron chi connectivity index (χ4n) is 4.49. The zero-order valence-corrected chi connectivity index (χ0v) is 13.2. The Labute approximate surface area is 123 Å². The summed E-state index contributed by atoms with van der Waals surface area (Å²) in [4.78, 5) is 5.32. The van der Waals surface area contributed by atoms with E-state index in [0.29, 0.717) is 12.0 Å². The van der Waals surface area contributed by atoms with Gasteiger partial charge in [-0.2, -0.15) is 0 Å². The molecule has 0 radical (unpaired) electrons. The number of piperidine rings is 2. The van der Waals surface area contributed by atoms with E-state index in [1.807, 2.05) is 0 Å². The molecule has 0 aliphatic carbocycles. The van der Waals surface area contributed by atoms with E-state index in [1.165, 1.54) is 45.4 Å². The maximum Gasteiger partial charge on any atom is 0.0623 e. The number of ether oxygens (including phenoxy) is 1. The Bertz CT molecular complexity index is 312. The first-order valence-electron chi connectivity index (χ1n) is 8.51. The van der Waals surface area contributed by atoms with Crippen LogP contribution >= 0.6 is 0 Å². The van der Waals surface area contributed by atoms with Gasteiger partial charge in [0.1, 0.15) is 0 Å². The number of fused-ring (bicyclic) bond motifs is 1. The molecule has 3 saturated heterocycles. The highest BCUT2D eigenvalue weighted by molar-refractivity contribution is 4.91. The van der Waals surface area contributed by atoms with Crippen molar-refractivity contribution in [3.63, 3.8) is 0 Å². The van der Waals surface area contributed by atoms with Crippen LogP contribution in [0.1, 0.15) is 26.2 Å². The third-order valence-electron chi connectivity index (χ3n) is 5.59. The Morgan fingerprint density at radius 1 is 1.20 bits per heavy atom. The van der Waals surface area contributed by atoms with Crippen LogP contribution in [0.3, 0.4) is 0 Å². The minimum Gasteiger partial charge on any atom is -0.379 e. The number of hydrogen-bond acceptors (Lipinski definition) is 4. The molecule has 4 atom stereocenters. The van der Waals surface area contributed by atoms with Gasteiger partial charge in [0.05, 0.1) is 13.2 Å². The normalized spacial score (nSPS) is 39.9. The van der Waals surface area contributed by atoms with Crippen molar-refractivity contribution in [2.24, 2.45) is 11.8 Å². The fraction of sp³-hybridized carbons (Fsp3) is 1.00. The van der Waals surface area contributed by atoms with Gasteiger partial charge in [-0.1, -0.05) is 6.92 Å². The van der Waals surface area contributed by atoms with Gasteiger partial charge in [-0.3, -0.25) is 0 Å². The average Bonchev–Trinajstić information content (AvgIpc) is 2.87. The summed E-state index contributed by atoms with van der Waals surface area (Å²) < 4.78 is 5.69.